The Bertz CT molecular complexity index is 2390. The van der Waals surface area contributed by atoms with Crippen molar-refractivity contribution in [1.29, 1.82) is 0 Å². The molecule has 4 aromatic carbocycles. The first-order valence-electron chi connectivity index (χ1n) is 26.4. The number of hydrogen-bond donors (Lipinski definition) is 2. The highest BCUT2D eigenvalue weighted by Gasteiger charge is 2.65. The van der Waals surface area contributed by atoms with Gasteiger partial charge in [-0.3, -0.25) is 4.79 Å². The van der Waals surface area contributed by atoms with Crippen LogP contribution in [0.4, 0.5) is 0 Å². The second kappa shape index (κ2) is 24.7. The molecule has 4 aromatic rings. The second-order valence-electron chi connectivity index (χ2n) is 20.0. The molecule has 3 fully saturated rings. The quantitative estimate of drug-likeness (QED) is 0.0306. The lowest BCUT2D eigenvalue weighted by molar-refractivity contribution is -0.258. The van der Waals surface area contributed by atoms with E-state index >= 15 is 4.79 Å². The van der Waals surface area contributed by atoms with Gasteiger partial charge < -0.3 is 38.9 Å². The van der Waals surface area contributed by atoms with Crippen molar-refractivity contribution < 1.29 is 38.8 Å². The van der Waals surface area contributed by atoms with E-state index in [0.29, 0.717) is 51.4 Å². The van der Waals surface area contributed by atoms with Gasteiger partial charge >= 0.3 is 0 Å². The molecule has 9 rings (SSSR count). The number of aliphatic hydroxyl groups is 2. The van der Waals surface area contributed by atoms with Crippen LogP contribution in [0.25, 0.3) is 10.8 Å². The van der Waals surface area contributed by atoms with Crippen LogP contribution in [0.15, 0.2) is 125 Å². The molecule has 374 valence electrons. The molecule has 1 saturated heterocycles. The summed E-state index contributed by atoms with van der Waals surface area (Å²) in [6.07, 6.45) is 17.7. The second-order valence-corrected chi connectivity index (χ2v) is 21.2. The van der Waals surface area contributed by atoms with E-state index in [2.05, 4.69) is 96.4 Å². The number of amides is 1. The van der Waals surface area contributed by atoms with E-state index in [4.69, 9.17) is 28.9 Å². The zero-order valence-corrected chi connectivity index (χ0v) is 41.8. The van der Waals surface area contributed by atoms with Crippen LogP contribution in [0.3, 0.4) is 0 Å². The van der Waals surface area contributed by atoms with Crippen molar-refractivity contribution in [3.05, 3.63) is 126 Å². The Kier molecular flexibility index (Phi) is 17.7. The fraction of sp³-hybridized carbons (Fsp3) is 0.525. The molecule has 3 aliphatic carbocycles. The Morgan fingerprint density at radius 3 is 2.47 bits per heavy atom. The summed E-state index contributed by atoms with van der Waals surface area (Å²) in [7, 11) is 0. The summed E-state index contributed by atoms with van der Waals surface area (Å²) in [4.78, 5) is 25.3. The van der Waals surface area contributed by atoms with Crippen LogP contribution in [-0.2, 0) is 25.7 Å². The zero-order chi connectivity index (χ0) is 48.1. The lowest BCUT2D eigenvalue weighted by Gasteiger charge is -2.60. The predicted molar refractivity (Wildman–Crippen MR) is 278 cm³/mol. The van der Waals surface area contributed by atoms with Gasteiger partial charge in [-0.25, -0.2) is 0 Å². The minimum absolute atomic E-state index is 0.0787. The Morgan fingerprint density at radius 1 is 0.886 bits per heavy atom. The molecule has 0 spiro atoms. The first kappa shape index (κ1) is 50.3. The number of thioether (sulfide) groups is 1. The van der Waals surface area contributed by atoms with Gasteiger partial charge in [-0.2, -0.15) is 0 Å². The number of hydrogen-bond acceptors (Lipinski definition) is 10. The number of allylic oxidation sites excluding steroid dienone is 1. The van der Waals surface area contributed by atoms with Crippen LogP contribution in [0.1, 0.15) is 120 Å². The van der Waals surface area contributed by atoms with Gasteiger partial charge in [0.1, 0.15) is 17.5 Å². The normalized spacial score (nSPS) is 25.7. The molecule has 0 radical (unpaired) electrons. The Labute approximate surface area is 419 Å². The van der Waals surface area contributed by atoms with Crippen molar-refractivity contribution in [2.45, 2.75) is 138 Å². The molecule has 10 nitrogen and oxygen atoms in total. The number of rotatable bonds is 24. The zero-order valence-electron chi connectivity index (χ0n) is 41.0. The third-order valence-corrected chi connectivity index (χ3v) is 16.6. The average molecular weight is 971 g/mol. The topological polar surface area (TPSA) is 119 Å². The van der Waals surface area contributed by atoms with E-state index in [9.17, 15) is 10.2 Å². The number of nitrogens with zero attached hydrogens (tertiary/aromatic N) is 2. The third-order valence-electron chi connectivity index (χ3n) is 15.6. The molecule has 2 heterocycles. The van der Waals surface area contributed by atoms with E-state index in [1.54, 1.807) is 17.8 Å². The number of benzene rings is 4. The van der Waals surface area contributed by atoms with Crippen LogP contribution in [0.2, 0.25) is 0 Å². The summed E-state index contributed by atoms with van der Waals surface area (Å²) in [5.74, 6) is 1.20. The standard InChI is InChI=1S/C59H74N2O8S/c1-2-34-67-59-54(61(55(64)31-28-42-17-6-7-18-42)41-45-22-16-21-43-19-8-9-25-48(43)45)40-52(60-69-56-27-12-15-35-66-56)50-38-44(20-10-13-32-62)49(26-11-14-33-63)57(58(50)59)51-39-46(29-30-53(51)68-59)65-36-37-70-47-23-4-3-5-24-47/h2-5,8-9,16,19,21-25,29-30,38-39,42,44,49,54,56-58,62-63H,1,6-7,10-15,17-18,20,26-28,31-37,40-41H2. The van der Waals surface area contributed by atoms with Crippen molar-refractivity contribution in [3.63, 3.8) is 0 Å². The smallest absolute Gasteiger partial charge is 0.239 e. The van der Waals surface area contributed by atoms with Gasteiger partial charge in [0.25, 0.3) is 0 Å². The largest absolute Gasteiger partial charge is 0.493 e. The molecular weight excluding hydrogens is 897 g/mol. The summed E-state index contributed by atoms with van der Waals surface area (Å²) in [6.45, 7) is 6.13. The van der Waals surface area contributed by atoms with E-state index in [1.165, 1.54) is 17.7 Å². The summed E-state index contributed by atoms with van der Waals surface area (Å²) < 4.78 is 27.7. The molecule has 7 unspecified atom stereocenters. The maximum Gasteiger partial charge on any atom is 0.239 e. The molecule has 5 aliphatic rings. The number of ether oxygens (including phenoxy) is 4. The Morgan fingerprint density at radius 2 is 1.67 bits per heavy atom. The van der Waals surface area contributed by atoms with Gasteiger partial charge in [0, 0.05) is 61.2 Å². The SMILES string of the molecule is C=CCOC12Oc3ccc(OCCSc4ccccc4)cc3C3C(CCCCO)C(CCCCO)C=C(C(=NOC4CCCCO4)CC1N(Cc1cccc4ccccc14)C(=O)CCC1CCCC1)C32. The predicted octanol–water partition coefficient (Wildman–Crippen LogP) is 12.2. The Hall–Kier alpha value is -4.65. The molecule has 2 aliphatic heterocycles. The fourth-order valence-corrected chi connectivity index (χ4v) is 13.0. The summed E-state index contributed by atoms with van der Waals surface area (Å²) in [5, 5.41) is 27.6. The van der Waals surface area contributed by atoms with Crippen LogP contribution >= 0.6 is 11.8 Å². The van der Waals surface area contributed by atoms with Gasteiger partial charge in [-0.15, -0.1) is 18.3 Å². The molecule has 7 atom stereocenters. The van der Waals surface area contributed by atoms with Crippen LogP contribution in [0, 0.1) is 23.7 Å². The fourth-order valence-electron chi connectivity index (χ4n) is 12.2. The minimum atomic E-state index is -1.36. The number of aliphatic hydroxyl groups excluding tert-OH is 2. The van der Waals surface area contributed by atoms with E-state index in [0.717, 1.165) is 115 Å². The van der Waals surface area contributed by atoms with Gasteiger partial charge in [0.15, 0.2) is 0 Å². The average Bonchev–Trinajstić information content (AvgIpc) is 3.93. The third kappa shape index (κ3) is 11.7. The first-order valence-corrected chi connectivity index (χ1v) is 27.4. The molecule has 1 amide bonds. The number of fused-ring (bicyclic) bond motifs is 3. The summed E-state index contributed by atoms with van der Waals surface area (Å²) in [5.41, 5.74) is 3.92. The van der Waals surface area contributed by atoms with E-state index in [1.807, 2.05) is 12.1 Å². The minimum Gasteiger partial charge on any atom is -0.493 e. The number of carbonyl (C=O) groups excluding carboxylic acids is 1. The highest BCUT2D eigenvalue weighted by Crippen LogP contribution is 2.62. The van der Waals surface area contributed by atoms with Crippen LogP contribution in [-0.4, -0.2) is 83.6 Å². The van der Waals surface area contributed by atoms with E-state index < -0.39 is 24.0 Å². The van der Waals surface area contributed by atoms with Crippen molar-refractivity contribution in [2.75, 3.05) is 38.8 Å². The maximum absolute atomic E-state index is 15.6. The number of oxime groups is 1. The van der Waals surface area contributed by atoms with Crippen molar-refractivity contribution >= 4 is 34.2 Å². The van der Waals surface area contributed by atoms with Gasteiger partial charge in [-0.1, -0.05) is 116 Å². The molecule has 11 heteroatoms. The monoisotopic (exact) mass is 971 g/mol. The molecule has 70 heavy (non-hydrogen) atoms. The lowest BCUT2D eigenvalue weighted by Crippen LogP contribution is -2.70. The van der Waals surface area contributed by atoms with Gasteiger partial charge in [0.05, 0.1) is 31.5 Å². The molecule has 2 saturated carbocycles. The van der Waals surface area contributed by atoms with Crippen molar-refractivity contribution in [1.82, 2.24) is 4.90 Å². The van der Waals surface area contributed by atoms with Gasteiger partial charge in [-0.05, 0) is 115 Å². The number of carbonyl (C=O) groups is 1. The van der Waals surface area contributed by atoms with Crippen LogP contribution in [0.5, 0.6) is 11.5 Å². The molecule has 2 N–H and O–H groups in total. The first-order chi connectivity index (χ1) is 34.5. The van der Waals surface area contributed by atoms with Crippen molar-refractivity contribution in [2.24, 2.45) is 28.8 Å². The molecule has 0 bridgehead atoms. The Balaban J connectivity index is 1.20. The maximum atomic E-state index is 15.6. The molecular formula is C59H74N2O8S. The highest BCUT2D eigenvalue weighted by atomic mass is 32.2. The lowest BCUT2D eigenvalue weighted by atomic mass is 9.55. The highest BCUT2D eigenvalue weighted by molar-refractivity contribution is 7.99. The van der Waals surface area contributed by atoms with Crippen molar-refractivity contribution in [3.8, 4) is 11.5 Å². The van der Waals surface area contributed by atoms with E-state index in [-0.39, 0.29) is 43.5 Å². The summed E-state index contributed by atoms with van der Waals surface area (Å²) >= 11 is 1.77. The van der Waals surface area contributed by atoms with Gasteiger partial charge in [0.2, 0.25) is 18.0 Å². The summed E-state index contributed by atoms with van der Waals surface area (Å²) in [6, 6.07) is 30.8. The number of unbranched alkanes of at least 4 members (excludes halogenated alkanes) is 2. The van der Waals surface area contributed by atoms with Crippen LogP contribution < -0.4 is 9.47 Å². The molecule has 0 aromatic heterocycles.